The molecule has 1 N–H and O–H groups in total. The molecule has 2 rings (SSSR count). The molecule has 0 radical (unpaired) electrons. The third-order valence-corrected chi connectivity index (χ3v) is 3.30. The first-order chi connectivity index (χ1) is 8.65. The van der Waals surface area contributed by atoms with Crippen LogP contribution < -0.4 is 5.32 Å². The quantitative estimate of drug-likeness (QED) is 0.899. The Hall–Kier alpha value is -1.26. The highest BCUT2D eigenvalue weighted by atomic mass is 79.9. The van der Waals surface area contributed by atoms with Crippen LogP contribution in [-0.2, 0) is 13.1 Å². The van der Waals surface area contributed by atoms with Crippen LogP contribution in [0.3, 0.4) is 0 Å². The van der Waals surface area contributed by atoms with Crippen LogP contribution in [0.4, 0.5) is 8.78 Å². The van der Waals surface area contributed by atoms with E-state index in [0.717, 1.165) is 16.1 Å². The fraction of sp³-hybridized carbons (Fsp3) is 0.143. The second-order valence-corrected chi connectivity index (χ2v) is 4.83. The van der Waals surface area contributed by atoms with Crippen molar-refractivity contribution >= 4 is 15.9 Å². The van der Waals surface area contributed by atoms with Gasteiger partial charge in [-0.15, -0.1) is 0 Å². The predicted octanol–water partition coefficient (Wildman–Crippen LogP) is 4.02. The maximum Gasteiger partial charge on any atom is 0.126 e. The Morgan fingerprint density at radius 2 is 1.61 bits per heavy atom. The summed E-state index contributed by atoms with van der Waals surface area (Å²) >= 11 is 3.45. The van der Waals surface area contributed by atoms with E-state index in [2.05, 4.69) is 21.2 Å². The Bertz CT molecular complexity index is 523. The highest BCUT2D eigenvalue weighted by Gasteiger charge is 2.01. The first-order valence-corrected chi connectivity index (χ1v) is 6.33. The van der Waals surface area contributed by atoms with Crippen molar-refractivity contribution in [2.24, 2.45) is 0 Å². The Labute approximate surface area is 113 Å². The Morgan fingerprint density at radius 3 is 2.28 bits per heavy atom. The van der Waals surface area contributed by atoms with Gasteiger partial charge in [0.05, 0.1) is 0 Å². The van der Waals surface area contributed by atoms with Gasteiger partial charge in [0, 0.05) is 23.6 Å². The van der Waals surface area contributed by atoms with Gasteiger partial charge in [-0.2, -0.15) is 0 Å². The monoisotopic (exact) mass is 311 g/mol. The van der Waals surface area contributed by atoms with Crippen LogP contribution in [0, 0.1) is 11.6 Å². The van der Waals surface area contributed by atoms with Crippen LogP contribution in [0.1, 0.15) is 11.1 Å². The van der Waals surface area contributed by atoms with Crippen LogP contribution in [0.15, 0.2) is 46.9 Å². The number of rotatable bonds is 4. The van der Waals surface area contributed by atoms with E-state index in [4.69, 9.17) is 0 Å². The number of nitrogens with one attached hydrogen (secondary N) is 1. The minimum absolute atomic E-state index is 0.427. The Morgan fingerprint density at radius 1 is 0.944 bits per heavy atom. The molecule has 1 nitrogen and oxygen atoms in total. The normalized spacial score (nSPS) is 10.6. The minimum Gasteiger partial charge on any atom is -0.309 e. The minimum atomic E-state index is -0.548. The van der Waals surface area contributed by atoms with Gasteiger partial charge in [0.15, 0.2) is 0 Å². The molecule has 0 saturated heterocycles. The summed E-state index contributed by atoms with van der Waals surface area (Å²) in [6, 6.07) is 11.4. The Balaban J connectivity index is 1.94. The van der Waals surface area contributed by atoms with Crippen molar-refractivity contribution in [3.8, 4) is 0 Å². The van der Waals surface area contributed by atoms with E-state index in [9.17, 15) is 8.78 Å². The van der Waals surface area contributed by atoms with Gasteiger partial charge in [-0.05, 0) is 29.3 Å². The summed E-state index contributed by atoms with van der Waals surface area (Å²) in [5.41, 5.74) is 1.70. The fourth-order valence-electron chi connectivity index (χ4n) is 1.70. The molecule has 2 aromatic carbocycles. The molecule has 0 spiro atoms. The lowest BCUT2D eigenvalue weighted by Gasteiger charge is -2.07. The van der Waals surface area contributed by atoms with Crippen molar-refractivity contribution in [2.75, 3.05) is 0 Å². The molecule has 18 heavy (non-hydrogen) atoms. The smallest absolute Gasteiger partial charge is 0.126 e. The van der Waals surface area contributed by atoms with E-state index in [1.54, 1.807) is 0 Å². The van der Waals surface area contributed by atoms with E-state index in [0.29, 0.717) is 18.7 Å². The maximum atomic E-state index is 13.0. The Kier molecular flexibility index (Phi) is 4.44. The average Bonchev–Trinajstić information content (AvgIpc) is 2.30. The van der Waals surface area contributed by atoms with E-state index < -0.39 is 11.6 Å². The molecule has 0 aliphatic heterocycles. The molecule has 0 aliphatic rings. The molecule has 0 fully saturated rings. The van der Waals surface area contributed by atoms with Crippen LogP contribution in [-0.4, -0.2) is 0 Å². The summed E-state index contributed by atoms with van der Waals surface area (Å²) in [5, 5.41) is 3.15. The standard InChI is InChI=1S/C14H12BrF2N/c15-14-4-2-1-3-11(14)9-18-8-10-5-12(16)7-13(17)6-10/h1-7,18H,8-9H2. The predicted molar refractivity (Wildman–Crippen MR) is 71.0 cm³/mol. The average molecular weight is 312 g/mol. The van der Waals surface area contributed by atoms with E-state index in [1.807, 2.05) is 24.3 Å². The highest BCUT2D eigenvalue weighted by Crippen LogP contribution is 2.15. The van der Waals surface area contributed by atoms with E-state index in [1.165, 1.54) is 12.1 Å². The molecule has 0 unspecified atom stereocenters. The van der Waals surface area contributed by atoms with Gasteiger partial charge in [-0.3, -0.25) is 0 Å². The second kappa shape index (κ2) is 6.07. The zero-order valence-electron chi connectivity index (χ0n) is 9.59. The van der Waals surface area contributed by atoms with Crippen molar-refractivity contribution < 1.29 is 8.78 Å². The molecule has 0 atom stereocenters. The van der Waals surface area contributed by atoms with Crippen molar-refractivity contribution in [3.63, 3.8) is 0 Å². The summed E-state index contributed by atoms with van der Waals surface area (Å²) in [4.78, 5) is 0. The number of hydrogen-bond acceptors (Lipinski definition) is 1. The SMILES string of the molecule is Fc1cc(F)cc(CNCc2ccccc2Br)c1. The van der Waals surface area contributed by atoms with Crippen LogP contribution in [0.2, 0.25) is 0 Å². The van der Waals surface area contributed by atoms with Crippen LogP contribution in [0.25, 0.3) is 0 Å². The molecule has 0 bridgehead atoms. The summed E-state index contributed by atoms with van der Waals surface area (Å²) in [5.74, 6) is -1.10. The maximum absolute atomic E-state index is 13.0. The summed E-state index contributed by atoms with van der Waals surface area (Å²) < 4.78 is 27.0. The fourth-order valence-corrected chi connectivity index (χ4v) is 2.12. The van der Waals surface area contributed by atoms with Crippen molar-refractivity contribution in [1.82, 2.24) is 5.32 Å². The van der Waals surface area contributed by atoms with Gasteiger partial charge in [-0.1, -0.05) is 34.1 Å². The lowest BCUT2D eigenvalue weighted by atomic mass is 10.2. The molecular formula is C14H12BrF2N. The molecule has 0 amide bonds. The van der Waals surface area contributed by atoms with Gasteiger partial charge >= 0.3 is 0 Å². The van der Waals surface area contributed by atoms with E-state index >= 15 is 0 Å². The lowest BCUT2D eigenvalue weighted by Crippen LogP contribution is -2.13. The lowest BCUT2D eigenvalue weighted by molar-refractivity contribution is 0.575. The van der Waals surface area contributed by atoms with Crippen LogP contribution in [0.5, 0.6) is 0 Å². The molecule has 0 aromatic heterocycles. The third-order valence-electron chi connectivity index (χ3n) is 2.52. The number of hydrogen-bond donors (Lipinski definition) is 1. The first-order valence-electron chi connectivity index (χ1n) is 5.54. The van der Waals surface area contributed by atoms with Crippen LogP contribution >= 0.6 is 15.9 Å². The van der Waals surface area contributed by atoms with Crippen molar-refractivity contribution in [2.45, 2.75) is 13.1 Å². The van der Waals surface area contributed by atoms with Gasteiger partial charge in [0.1, 0.15) is 11.6 Å². The second-order valence-electron chi connectivity index (χ2n) is 3.97. The largest absolute Gasteiger partial charge is 0.309 e. The summed E-state index contributed by atoms with van der Waals surface area (Å²) in [6.07, 6.45) is 0. The third kappa shape index (κ3) is 3.62. The van der Waals surface area contributed by atoms with E-state index in [-0.39, 0.29) is 0 Å². The van der Waals surface area contributed by atoms with Gasteiger partial charge in [0.2, 0.25) is 0 Å². The zero-order chi connectivity index (χ0) is 13.0. The molecular weight excluding hydrogens is 300 g/mol. The van der Waals surface area contributed by atoms with Gasteiger partial charge in [0.25, 0.3) is 0 Å². The highest BCUT2D eigenvalue weighted by molar-refractivity contribution is 9.10. The molecule has 94 valence electrons. The van der Waals surface area contributed by atoms with Crippen molar-refractivity contribution in [3.05, 3.63) is 69.7 Å². The molecule has 4 heteroatoms. The van der Waals surface area contributed by atoms with Gasteiger partial charge < -0.3 is 5.32 Å². The number of benzene rings is 2. The summed E-state index contributed by atoms with van der Waals surface area (Å²) in [7, 11) is 0. The zero-order valence-corrected chi connectivity index (χ0v) is 11.2. The topological polar surface area (TPSA) is 12.0 Å². The first kappa shape index (κ1) is 13.2. The van der Waals surface area contributed by atoms with Crippen molar-refractivity contribution in [1.29, 1.82) is 0 Å². The molecule has 0 heterocycles. The van der Waals surface area contributed by atoms with Gasteiger partial charge in [-0.25, -0.2) is 8.78 Å². The summed E-state index contributed by atoms with van der Waals surface area (Å²) in [6.45, 7) is 1.07. The molecule has 0 aliphatic carbocycles. The molecule has 0 saturated carbocycles. The number of halogens is 3. The molecule has 2 aromatic rings.